The van der Waals surface area contributed by atoms with Gasteiger partial charge in [0.2, 0.25) is 0 Å². The normalized spacial score (nSPS) is 12.4. The summed E-state index contributed by atoms with van der Waals surface area (Å²) in [4.78, 5) is 0.106. The second-order valence-electron chi connectivity index (χ2n) is 3.80. The maximum atomic E-state index is 13.4. The summed E-state index contributed by atoms with van der Waals surface area (Å²) in [7, 11) is 0. The molecule has 0 amide bonds. The van der Waals surface area contributed by atoms with Gasteiger partial charge in [0, 0.05) is 4.83 Å². The molecule has 1 atom stereocenters. The maximum absolute atomic E-state index is 13.4. The molecular weight excluding hydrogens is 347 g/mol. The molecule has 0 radical (unpaired) electrons. The molecule has 0 nitrogen and oxygen atoms in total. The van der Waals surface area contributed by atoms with E-state index in [0.29, 0.717) is 4.47 Å². The molecule has 2 aromatic carbocycles. The number of hydrogen-bond donors (Lipinski definition) is 0. The van der Waals surface area contributed by atoms with Crippen LogP contribution in [-0.4, -0.2) is 0 Å². The molecule has 0 saturated carbocycles. The molecular formula is C14H11Br2F. The van der Waals surface area contributed by atoms with E-state index >= 15 is 0 Å². The Labute approximate surface area is 117 Å². The Bertz CT molecular complexity index is 497. The van der Waals surface area contributed by atoms with Gasteiger partial charge in [-0.25, -0.2) is 4.39 Å². The molecule has 0 bridgehead atoms. The highest BCUT2D eigenvalue weighted by Crippen LogP contribution is 2.33. The highest BCUT2D eigenvalue weighted by Gasteiger charge is 2.14. The molecule has 0 fully saturated rings. The lowest BCUT2D eigenvalue weighted by Gasteiger charge is -2.12. The Morgan fingerprint density at radius 3 is 2.41 bits per heavy atom. The summed E-state index contributed by atoms with van der Waals surface area (Å²) in [5.41, 5.74) is 2.17. The Hall–Kier alpha value is -0.670. The van der Waals surface area contributed by atoms with Gasteiger partial charge in [0.05, 0.1) is 4.47 Å². The van der Waals surface area contributed by atoms with E-state index in [2.05, 4.69) is 44.0 Å². The van der Waals surface area contributed by atoms with Crippen LogP contribution in [0.5, 0.6) is 0 Å². The summed E-state index contributed by atoms with van der Waals surface area (Å²) < 4.78 is 14.0. The zero-order chi connectivity index (χ0) is 12.3. The molecule has 2 rings (SSSR count). The second-order valence-corrected chi connectivity index (χ2v) is 5.70. The second kappa shape index (κ2) is 5.78. The van der Waals surface area contributed by atoms with Gasteiger partial charge in [0.1, 0.15) is 5.82 Å². The summed E-state index contributed by atoms with van der Waals surface area (Å²) in [5.74, 6) is -0.222. The average Bonchev–Trinajstić information content (AvgIpc) is 2.34. The van der Waals surface area contributed by atoms with Gasteiger partial charge in [-0.3, -0.25) is 0 Å². The van der Waals surface area contributed by atoms with Crippen LogP contribution < -0.4 is 0 Å². The Morgan fingerprint density at radius 1 is 1.00 bits per heavy atom. The van der Waals surface area contributed by atoms with E-state index in [1.165, 1.54) is 11.6 Å². The topological polar surface area (TPSA) is 0 Å². The predicted molar refractivity (Wildman–Crippen MR) is 75.9 cm³/mol. The van der Waals surface area contributed by atoms with Crippen molar-refractivity contribution in [3.8, 4) is 0 Å². The van der Waals surface area contributed by atoms with Crippen LogP contribution >= 0.6 is 31.9 Å². The van der Waals surface area contributed by atoms with Crippen molar-refractivity contribution in [2.24, 2.45) is 0 Å². The molecule has 0 heterocycles. The van der Waals surface area contributed by atoms with E-state index < -0.39 is 0 Å². The van der Waals surface area contributed by atoms with Crippen LogP contribution in [-0.2, 0) is 6.42 Å². The lowest BCUT2D eigenvalue weighted by molar-refractivity contribution is 0.617. The zero-order valence-corrected chi connectivity index (χ0v) is 12.2. The fourth-order valence-electron chi connectivity index (χ4n) is 1.69. The van der Waals surface area contributed by atoms with E-state index in [0.717, 1.165) is 12.0 Å². The van der Waals surface area contributed by atoms with Crippen LogP contribution in [0.4, 0.5) is 4.39 Å². The van der Waals surface area contributed by atoms with Gasteiger partial charge in [-0.1, -0.05) is 58.4 Å². The minimum absolute atomic E-state index is 0.106. The predicted octanol–water partition coefficient (Wildman–Crippen LogP) is 5.27. The van der Waals surface area contributed by atoms with E-state index in [-0.39, 0.29) is 10.6 Å². The minimum Gasteiger partial charge on any atom is -0.206 e. The summed E-state index contributed by atoms with van der Waals surface area (Å²) >= 11 is 6.90. The van der Waals surface area contributed by atoms with Gasteiger partial charge in [0.15, 0.2) is 0 Å². The van der Waals surface area contributed by atoms with Gasteiger partial charge in [0.25, 0.3) is 0 Å². The quantitative estimate of drug-likeness (QED) is 0.656. The van der Waals surface area contributed by atoms with Crippen molar-refractivity contribution in [1.29, 1.82) is 0 Å². The van der Waals surface area contributed by atoms with E-state index in [9.17, 15) is 4.39 Å². The van der Waals surface area contributed by atoms with Crippen molar-refractivity contribution < 1.29 is 4.39 Å². The van der Waals surface area contributed by atoms with Crippen molar-refractivity contribution in [3.05, 3.63) is 69.9 Å². The van der Waals surface area contributed by atoms with Crippen molar-refractivity contribution in [3.63, 3.8) is 0 Å². The summed E-state index contributed by atoms with van der Waals surface area (Å²) in [6, 6.07) is 15.3. The SMILES string of the molecule is Fc1cccc(C(Br)Cc2ccccc2)c1Br. The number of halogens is 3. The van der Waals surface area contributed by atoms with Gasteiger partial charge in [-0.05, 0) is 39.5 Å². The van der Waals surface area contributed by atoms with Crippen LogP contribution in [0.25, 0.3) is 0 Å². The minimum atomic E-state index is -0.222. The maximum Gasteiger partial charge on any atom is 0.137 e. The first-order valence-electron chi connectivity index (χ1n) is 5.30. The third-order valence-corrected chi connectivity index (χ3v) is 4.23. The van der Waals surface area contributed by atoms with Crippen molar-refractivity contribution in [1.82, 2.24) is 0 Å². The van der Waals surface area contributed by atoms with E-state index in [1.54, 1.807) is 6.07 Å². The molecule has 1 unspecified atom stereocenters. The van der Waals surface area contributed by atoms with Crippen LogP contribution in [0.1, 0.15) is 16.0 Å². The van der Waals surface area contributed by atoms with Crippen molar-refractivity contribution >= 4 is 31.9 Å². The lowest BCUT2D eigenvalue weighted by atomic mass is 10.0. The standard InChI is InChI=1S/C14H11Br2F/c15-12(9-10-5-2-1-3-6-10)11-7-4-8-13(17)14(11)16/h1-8,12H,9H2. The fraction of sp³-hybridized carbons (Fsp3) is 0.143. The highest BCUT2D eigenvalue weighted by atomic mass is 79.9. The number of benzene rings is 2. The highest BCUT2D eigenvalue weighted by molar-refractivity contribution is 9.11. The van der Waals surface area contributed by atoms with Crippen LogP contribution in [0, 0.1) is 5.82 Å². The van der Waals surface area contributed by atoms with Crippen LogP contribution in [0.2, 0.25) is 0 Å². The van der Waals surface area contributed by atoms with E-state index in [1.807, 2.05) is 24.3 Å². The number of rotatable bonds is 3. The van der Waals surface area contributed by atoms with Gasteiger partial charge >= 0.3 is 0 Å². The molecule has 0 saturated heterocycles. The first kappa shape index (κ1) is 12.8. The largest absolute Gasteiger partial charge is 0.206 e. The average molecular weight is 358 g/mol. The molecule has 2 aromatic rings. The number of hydrogen-bond acceptors (Lipinski definition) is 0. The Kier molecular flexibility index (Phi) is 4.35. The van der Waals surface area contributed by atoms with Crippen LogP contribution in [0.3, 0.4) is 0 Å². The molecule has 0 aromatic heterocycles. The molecule has 88 valence electrons. The number of alkyl halides is 1. The first-order chi connectivity index (χ1) is 8.18. The molecule has 17 heavy (non-hydrogen) atoms. The summed E-state index contributed by atoms with van der Waals surface area (Å²) in [6.45, 7) is 0. The molecule has 0 N–H and O–H groups in total. The van der Waals surface area contributed by atoms with Crippen molar-refractivity contribution in [2.75, 3.05) is 0 Å². The lowest BCUT2D eigenvalue weighted by Crippen LogP contribution is -1.97. The molecule has 0 spiro atoms. The molecule has 0 aliphatic carbocycles. The third kappa shape index (κ3) is 3.17. The first-order valence-corrected chi connectivity index (χ1v) is 7.01. The van der Waals surface area contributed by atoms with Gasteiger partial charge in [-0.15, -0.1) is 0 Å². The zero-order valence-electron chi connectivity index (χ0n) is 9.04. The Balaban J connectivity index is 2.20. The summed E-state index contributed by atoms with van der Waals surface area (Å²) in [6.07, 6.45) is 0.836. The fourth-order valence-corrected chi connectivity index (χ4v) is 3.30. The van der Waals surface area contributed by atoms with Gasteiger partial charge < -0.3 is 0 Å². The molecule has 3 heteroatoms. The van der Waals surface area contributed by atoms with Gasteiger partial charge in [-0.2, -0.15) is 0 Å². The molecule has 0 aliphatic rings. The van der Waals surface area contributed by atoms with Crippen molar-refractivity contribution in [2.45, 2.75) is 11.2 Å². The Morgan fingerprint density at radius 2 is 1.71 bits per heavy atom. The smallest absolute Gasteiger partial charge is 0.137 e. The molecule has 0 aliphatic heterocycles. The van der Waals surface area contributed by atoms with Crippen LogP contribution in [0.15, 0.2) is 53.0 Å². The monoisotopic (exact) mass is 356 g/mol. The summed E-state index contributed by atoms with van der Waals surface area (Å²) in [5, 5.41) is 0. The van der Waals surface area contributed by atoms with E-state index in [4.69, 9.17) is 0 Å². The third-order valence-electron chi connectivity index (χ3n) is 2.58.